The largest absolute Gasteiger partial charge is 0.514 e. The van der Waals surface area contributed by atoms with E-state index in [0.717, 1.165) is 0 Å². The highest BCUT2D eigenvalue weighted by Crippen LogP contribution is 2.33. The maximum Gasteiger partial charge on any atom is 0.514 e. The zero-order valence-electron chi connectivity index (χ0n) is 11.6. The quantitative estimate of drug-likeness (QED) is 0.399. The maximum atomic E-state index is 11.4. The Morgan fingerprint density at radius 1 is 1.11 bits per heavy atom. The Balaban J connectivity index is 5.08. The molecule has 1 unspecified atom stereocenters. The van der Waals surface area contributed by atoms with Crippen LogP contribution in [-0.4, -0.2) is 37.5 Å². The van der Waals surface area contributed by atoms with Crippen LogP contribution in [0.1, 0.15) is 34.6 Å². The van der Waals surface area contributed by atoms with Gasteiger partial charge in [0, 0.05) is 20.1 Å². The molecule has 0 aromatic rings. The van der Waals surface area contributed by atoms with E-state index in [1.54, 1.807) is 27.7 Å². The third-order valence-electron chi connectivity index (χ3n) is 2.44. The molecular weight excluding hydrogens is 238 g/mol. The zero-order chi connectivity index (χ0) is 14.2. The van der Waals surface area contributed by atoms with Crippen molar-refractivity contribution in [3.63, 3.8) is 0 Å². The minimum Gasteiger partial charge on any atom is -0.434 e. The number of rotatable bonds is 7. The predicted molar refractivity (Wildman–Crippen MR) is 64.8 cm³/mol. The van der Waals surface area contributed by atoms with Crippen molar-refractivity contribution < 1.29 is 23.7 Å². The van der Waals surface area contributed by atoms with Gasteiger partial charge in [0.1, 0.15) is 0 Å². The molecule has 18 heavy (non-hydrogen) atoms. The first-order valence-corrected chi connectivity index (χ1v) is 5.91. The van der Waals surface area contributed by atoms with E-state index in [-0.39, 0.29) is 6.61 Å². The Hall–Kier alpha value is -1.32. The van der Waals surface area contributed by atoms with Crippen molar-refractivity contribution in [2.75, 3.05) is 19.8 Å². The average Bonchev–Trinajstić information content (AvgIpc) is 2.29. The van der Waals surface area contributed by atoms with Gasteiger partial charge in [-0.25, -0.2) is 11.4 Å². The Bertz CT molecular complexity index is 306. The van der Waals surface area contributed by atoms with Gasteiger partial charge in [-0.15, -0.1) is 0 Å². The first kappa shape index (κ1) is 16.7. The lowest BCUT2D eigenvalue weighted by molar-refractivity contribution is -0.292. The molecule has 0 amide bonds. The van der Waals surface area contributed by atoms with E-state index in [2.05, 4.69) is 9.58 Å². The number of ether oxygens (including phenoxy) is 4. The van der Waals surface area contributed by atoms with Gasteiger partial charge in [-0.3, -0.25) is 4.85 Å². The van der Waals surface area contributed by atoms with E-state index in [4.69, 9.17) is 20.8 Å². The highest BCUT2D eigenvalue weighted by atomic mass is 16.8. The summed E-state index contributed by atoms with van der Waals surface area (Å²) in [6.07, 6.45) is -0.915. The molecule has 0 saturated carbocycles. The number of carbonyl (C=O) groups excluding carboxylic acids is 1. The summed E-state index contributed by atoms with van der Waals surface area (Å²) >= 11 is 0. The topological polar surface area (TPSA) is 58.4 Å². The fourth-order valence-electron chi connectivity index (χ4n) is 1.39. The van der Waals surface area contributed by atoms with Crippen molar-refractivity contribution in [2.45, 2.75) is 46.1 Å². The maximum absolute atomic E-state index is 11.4. The summed E-state index contributed by atoms with van der Waals surface area (Å²) in [5.41, 5.74) is -1.61. The van der Waals surface area contributed by atoms with Gasteiger partial charge in [-0.2, -0.15) is 0 Å². The average molecular weight is 259 g/mol. The lowest BCUT2D eigenvalue weighted by atomic mass is 10.1. The van der Waals surface area contributed by atoms with E-state index < -0.39 is 17.7 Å². The van der Waals surface area contributed by atoms with Crippen LogP contribution < -0.4 is 0 Å². The first-order chi connectivity index (χ1) is 8.39. The molecule has 0 saturated heterocycles. The summed E-state index contributed by atoms with van der Waals surface area (Å²) in [5, 5.41) is 0. The Morgan fingerprint density at radius 3 is 1.94 bits per heavy atom. The van der Waals surface area contributed by atoms with Crippen molar-refractivity contribution >= 4 is 6.16 Å². The molecule has 0 spiro atoms. The number of hydrogen-bond donors (Lipinski definition) is 0. The summed E-state index contributed by atoms with van der Waals surface area (Å²) in [7, 11) is 0. The second kappa shape index (κ2) is 7.19. The van der Waals surface area contributed by atoms with Crippen LogP contribution in [0.3, 0.4) is 0 Å². The Labute approximate surface area is 108 Å². The van der Waals surface area contributed by atoms with Gasteiger partial charge in [-0.05, 0) is 20.8 Å². The molecule has 0 aliphatic heterocycles. The van der Waals surface area contributed by atoms with Crippen molar-refractivity contribution in [1.82, 2.24) is 0 Å². The van der Waals surface area contributed by atoms with Crippen LogP contribution in [0.2, 0.25) is 0 Å². The third kappa shape index (κ3) is 3.86. The predicted octanol–water partition coefficient (Wildman–Crippen LogP) is 2.58. The number of nitrogens with zero attached hydrogens (tertiary/aromatic N) is 1. The van der Waals surface area contributed by atoms with Crippen molar-refractivity contribution in [3.8, 4) is 0 Å². The second-order valence-electron chi connectivity index (χ2n) is 3.69. The summed E-state index contributed by atoms with van der Waals surface area (Å²) in [4.78, 5) is 14.7. The minimum absolute atomic E-state index is 0.174. The highest BCUT2D eigenvalue weighted by molar-refractivity contribution is 5.60. The SMILES string of the molecule is [C-]#[N+]C(C)(OC(=O)OCC)C(C)(OCC)OCC. The van der Waals surface area contributed by atoms with Gasteiger partial charge in [0.25, 0.3) is 5.79 Å². The molecule has 0 aliphatic rings. The molecule has 0 heterocycles. The molecule has 1 atom stereocenters. The molecular formula is C12H21NO5. The molecule has 6 heteroatoms. The van der Waals surface area contributed by atoms with Gasteiger partial charge < -0.3 is 18.9 Å². The van der Waals surface area contributed by atoms with Crippen LogP contribution in [-0.2, 0) is 18.9 Å². The molecule has 0 aliphatic carbocycles. The number of hydrogen-bond acceptors (Lipinski definition) is 5. The first-order valence-electron chi connectivity index (χ1n) is 5.91. The molecule has 0 radical (unpaired) electrons. The van der Waals surface area contributed by atoms with Crippen LogP contribution in [0.25, 0.3) is 4.85 Å². The normalized spacial score (nSPS) is 14.4. The standard InChI is InChI=1S/C12H21NO5/c1-7-15-10(14)18-11(4,13-6)12(5,16-8-2)17-9-3/h7-9H2,1-5H3. The van der Waals surface area contributed by atoms with Crippen LogP contribution in [0, 0.1) is 6.57 Å². The Kier molecular flexibility index (Phi) is 6.66. The molecule has 0 aromatic carbocycles. The molecule has 6 nitrogen and oxygen atoms in total. The summed E-state index contributed by atoms with van der Waals surface area (Å²) in [5.74, 6) is -1.34. The van der Waals surface area contributed by atoms with Gasteiger partial charge in [0.2, 0.25) is 0 Å². The van der Waals surface area contributed by atoms with Gasteiger partial charge in [0.05, 0.1) is 13.5 Å². The lowest BCUT2D eigenvalue weighted by Gasteiger charge is -2.34. The Morgan fingerprint density at radius 2 is 1.61 bits per heavy atom. The van der Waals surface area contributed by atoms with Gasteiger partial charge in [-0.1, -0.05) is 0 Å². The molecule has 0 rings (SSSR count). The molecule has 0 fully saturated rings. The zero-order valence-corrected chi connectivity index (χ0v) is 11.6. The van der Waals surface area contributed by atoms with E-state index in [0.29, 0.717) is 13.2 Å². The van der Waals surface area contributed by atoms with E-state index >= 15 is 0 Å². The van der Waals surface area contributed by atoms with Crippen LogP contribution >= 0.6 is 0 Å². The molecule has 0 bridgehead atoms. The minimum atomic E-state index is -1.61. The summed E-state index contributed by atoms with van der Waals surface area (Å²) < 4.78 is 20.6. The lowest BCUT2D eigenvalue weighted by Crippen LogP contribution is -2.54. The second-order valence-corrected chi connectivity index (χ2v) is 3.69. The molecule has 0 N–H and O–H groups in total. The molecule has 104 valence electrons. The van der Waals surface area contributed by atoms with Gasteiger partial charge >= 0.3 is 11.9 Å². The fraction of sp³-hybridized carbons (Fsp3) is 0.833. The smallest absolute Gasteiger partial charge is 0.434 e. The highest BCUT2D eigenvalue weighted by Gasteiger charge is 2.58. The van der Waals surface area contributed by atoms with Crippen molar-refractivity contribution in [3.05, 3.63) is 11.4 Å². The summed E-state index contributed by atoms with van der Waals surface area (Å²) in [6, 6.07) is 0. The van der Waals surface area contributed by atoms with E-state index in [9.17, 15) is 4.79 Å². The van der Waals surface area contributed by atoms with Gasteiger partial charge in [0.15, 0.2) is 0 Å². The monoisotopic (exact) mass is 259 g/mol. The molecule has 0 aromatic heterocycles. The third-order valence-corrected chi connectivity index (χ3v) is 2.44. The van der Waals surface area contributed by atoms with Crippen LogP contribution in [0.4, 0.5) is 4.79 Å². The van der Waals surface area contributed by atoms with Crippen molar-refractivity contribution in [2.24, 2.45) is 0 Å². The van der Waals surface area contributed by atoms with Crippen LogP contribution in [0.15, 0.2) is 0 Å². The van der Waals surface area contributed by atoms with E-state index in [1.807, 2.05) is 0 Å². The fourth-order valence-corrected chi connectivity index (χ4v) is 1.39. The van der Waals surface area contributed by atoms with E-state index in [1.165, 1.54) is 6.92 Å². The number of carbonyl (C=O) groups is 1. The van der Waals surface area contributed by atoms with Crippen molar-refractivity contribution in [1.29, 1.82) is 0 Å². The summed E-state index contributed by atoms with van der Waals surface area (Å²) in [6.45, 7) is 16.2. The van der Waals surface area contributed by atoms with Crippen LogP contribution in [0.5, 0.6) is 0 Å².